The quantitative estimate of drug-likeness (QED) is 0.813. The Kier molecular flexibility index (Phi) is 4.94. The fourth-order valence-corrected chi connectivity index (χ4v) is 2.97. The summed E-state index contributed by atoms with van der Waals surface area (Å²) < 4.78 is 28.5. The topological polar surface area (TPSA) is 88.9 Å². The van der Waals surface area contributed by atoms with E-state index in [1.807, 2.05) is 0 Å². The number of halogens is 1. The normalized spacial score (nSPS) is 11.8. The van der Waals surface area contributed by atoms with Crippen LogP contribution in [0.5, 0.6) is 0 Å². The van der Waals surface area contributed by atoms with E-state index in [1.165, 1.54) is 17.1 Å². The molecule has 0 amide bonds. The van der Waals surface area contributed by atoms with Crippen LogP contribution < -0.4 is 10.0 Å². The molecule has 0 saturated heterocycles. The molecule has 7 nitrogen and oxygen atoms in total. The SMILES string of the molecule is CNCc1cc(S(=O)(=O)NCc2ncn(C)n2)ccc1Cl. The van der Waals surface area contributed by atoms with Gasteiger partial charge in [0.1, 0.15) is 6.33 Å². The van der Waals surface area contributed by atoms with Crippen LogP contribution in [-0.2, 0) is 30.2 Å². The van der Waals surface area contributed by atoms with Crippen molar-refractivity contribution >= 4 is 21.6 Å². The van der Waals surface area contributed by atoms with Gasteiger partial charge in [-0.2, -0.15) is 5.10 Å². The summed E-state index contributed by atoms with van der Waals surface area (Å²) in [5.74, 6) is 0.408. The summed E-state index contributed by atoms with van der Waals surface area (Å²) in [4.78, 5) is 4.13. The number of benzene rings is 1. The number of sulfonamides is 1. The number of aromatic nitrogens is 3. The van der Waals surface area contributed by atoms with Crippen LogP contribution in [0.3, 0.4) is 0 Å². The van der Waals surface area contributed by atoms with Crippen molar-refractivity contribution in [2.24, 2.45) is 7.05 Å². The van der Waals surface area contributed by atoms with Gasteiger partial charge in [0, 0.05) is 18.6 Å². The minimum Gasteiger partial charge on any atom is -0.316 e. The van der Waals surface area contributed by atoms with Gasteiger partial charge in [-0.25, -0.2) is 18.1 Å². The molecule has 0 aliphatic carbocycles. The maximum absolute atomic E-state index is 12.2. The lowest BCUT2D eigenvalue weighted by molar-refractivity contribution is 0.578. The van der Waals surface area contributed by atoms with E-state index < -0.39 is 10.0 Å². The molecule has 1 heterocycles. The zero-order valence-corrected chi connectivity index (χ0v) is 13.2. The van der Waals surface area contributed by atoms with Crippen LogP contribution in [0.2, 0.25) is 5.02 Å². The highest BCUT2D eigenvalue weighted by Gasteiger charge is 2.16. The molecule has 0 radical (unpaired) electrons. The predicted molar refractivity (Wildman–Crippen MR) is 79.2 cm³/mol. The van der Waals surface area contributed by atoms with E-state index >= 15 is 0 Å². The van der Waals surface area contributed by atoms with Crippen molar-refractivity contribution in [2.75, 3.05) is 7.05 Å². The number of nitrogens with one attached hydrogen (secondary N) is 2. The fourth-order valence-electron chi connectivity index (χ4n) is 1.75. The fraction of sp³-hybridized carbons (Fsp3) is 0.333. The van der Waals surface area contributed by atoms with Gasteiger partial charge in [0.15, 0.2) is 5.82 Å². The second-order valence-electron chi connectivity index (χ2n) is 4.44. The van der Waals surface area contributed by atoms with E-state index in [1.54, 1.807) is 26.2 Å². The van der Waals surface area contributed by atoms with Crippen molar-refractivity contribution in [3.63, 3.8) is 0 Å². The van der Waals surface area contributed by atoms with Crippen LogP contribution in [0, 0.1) is 0 Å². The van der Waals surface area contributed by atoms with E-state index in [0.717, 1.165) is 5.56 Å². The molecule has 2 aromatic rings. The first-order chi connectivity index (χ1) is 9.92. The standard InChI is InChI=1S/C12H16ClN5O2S/c1-14-6-9-5-10(3-4-11(9)13)21(19,20)16-7-12-15-8-18(2)17-12/h3-5,8,14,16H,6-7H2,1-2H3. The van der Waals surface area contributed by atoms with Crippen LogP contribution in [0.15, 0.2) is 29.4 Å². The molecule has 0 aliphatic heterocycles. The van der Waals surface area contributed by atoms with E-state index in [2.05, 4.69) is 20.1 Å². The molecule has 0 spiro atoms. The Morgan fingerprint density at radius 1 is 1.33 bits per heavy atom. The van der Waals surface area contributed by atoms with Crippen LogP contribution in [0.4, 0.5) is 0 Å². The van der Waals surface area contributed by atoms with Gasteiger partial charge in [0.05, 0.1) is 11.4 Å². The maximum Gasteiger partial charge on any atom is 0.240 e. The van der Waals surface area contributed by atoms with Gasteiger partial charge in [0.2, 0.25) is 10.0 Å². The Hall–Kier alpha value is -1.48. The first-order valence-corrected chi connectivity index (χ1v) is 8.05. The summed E-state index contributed by atoms with van der Waals surface area (Å²) in [7, 11) is -0.150. The smallest absolute Gasteiger partial charge is 0.240 e. The molecular formula is C12H16ClN5O2S. The first kappa shape index (κ1) is 15.9. The molecule has 114 valence electrons. The molecule has 0 saturated carbocycles. The third kappa shape index (κ3) is 4.01. The Morgan fingerprint density at radius 2 is 2.10 bits per heavy atom. The number of hydrogen-bond acceptors (Lipinski definition) is 5. The van der Waals surface area contributed by atoms with Crippen LogP contribution in [0.1, 0.15) is 11.4 Å². The first-order valence-electron chi connectivity index (χ1n) is 6.19. The molecule has 1 aromatic heterocycles. The van der Waals surface area contributed by atoms with Crippen LogP contribution >= 0.6 is 11.6 Å². The number of nitrogens with zero attached hydrogens (tertiary/aromatic N) is 3. The Labute approximate surface area is 128 Å². The number of hydrogen-bond donors (Lipinski definition) is 2. The number of aryl methyl sites for hydroxylation is 1. The maximum atomic E-state index is 12.2. The van der Waals surface area contributed by atoms with Gasteiger partial charge >= 0.3 is 0 Å². The summed E-state index contributed by atoms with van der Waals surface area (Å²) in [5, 5.41) is 7.48. The Morgan fingerprint density at radius 3 is 2.71 bits per heavy atom. The molecule has 9 heteroatoms. The van der Waals surface area contributed by atoms with E-state index in [-0.39, 0.29) is 11.4 Å². The highest BCUT2D eigenvalue weighted by molar-refractivity contribution is 7.89. The summed E-state index contributed by atoms with van der Waals surface area (Å²) in [5.41, 5.74) is 0.720. The summed E-state index contributed by atoms with van der Waals surface area (Å²) in [6.07, 6.45) is 1.51. The van der Waals surface area contributed by atoms with Gasteiger partial charge < -0.3 is 5.32 Å². The van der Waals surface area contributed by atoms with Gasteiger partial charge in [-0.05, 0) is 30.8 Å². The van der Waals surface area contributed by atoms with Crippen LogP contribution in [0.25, 0.3) is 0 Å². The minimum absolute atomic E-state index is 0.0349. The molecule has 1 aromatic carbocycles. The average Bonchev–Trinajstić information content (AvgIpc) is 2.85. The molecule has 0 unspecified atom stereocenters. The minimum atomic E-state index is -3.63. The van der Waals surface area contributed by atoms with E-state index in [0.29, 0.717) is 17.4 Å². The van der Waals surface area contributed by atoms with E-state index in [4.69, 9.17) is 11.6 Å². The van der Waals surface area contributed by atoms with Gasteiger partial charge in [-0.1, -0.05) is 11.6 Å². The Bertz CT molecular complexity index is 729. The van der Waals surface area contributed by atoms with Gasteiger partial charge in [-0.15, -0.1) is 0 Å². The lowest BCUT2D eigenvalue weighted by Crippen LogP contribution is -2.24. The lowest BCUT2D eigenvalue weighted by Gasteiger charge is -2.09. The molecule has 0 aliphatic rings. The average molecular weight is 330 g/mol. The van der Waals surface area contributed by atoms with Gasteiger partial charge in [0.25, 0.3) is 0 Å². The third-order valence-electron chi connectivity index (χ3n) is 2.76. The third-order valence-corrected chi connectivity index (χ3v) is 4.53. The molecule has 0 fully saturated rings. The summed E-state index contributed by atoms with van der Waals surface area (Å²) in [6.45, 7) is 0.525. The summed E-state index contributed by atoms with van der Waals surface area (Å²) in [6, 6.07) is 4.59. The largest absolute Gasteiger partial charge is 0.316 e. The van der Waals surface area contributed by atoms with Gasteiger partial charge in [-0.3, -0.25) is 4.68 Å². The van der Waals surface area contributed by atoms with Crippen molar-refractivity contribution in [3.8, 4) is 0 Å². The molecule has 0 bridgehead atoms. The predicted octanol–water partition coefficient (Wildman–Crippen LogP) is 0.666. The lowest BCUT2D eigenvalue weighted by atomic mass is 10.2. The monoisotopic (exact) mass is 329 g/mol. The van der Waals surface area contributed by atoms with Crippen LogP contribution in [-0.4, -0.2) is 30.2 Å². The van der Waals surface area contributed by atoms with Crippen molar-refractivity contribution in [3.05, 3.63) is 40.9 Å². The van der Waals surface area contributed by atoms with Crippen molar-refractivity contribution in [1.29, 1.82) is 0 Å². The Balaban J connectivity index is 2.17. The van der Waals surface area contributed by atoms with E-state index in [9.17, 15) is 8.42 Å². The molecule has 0 atom stereocenters. The molecule has 2 N–H and O–H groups in total. The van der Waals surface area contributed by atoms with Crippen molar-refractivity contribution < 1.29 is 8.42 Å². The molecule has 2 rings (SSSR count). The molecular weight excluding hydrogens is 314 g/mol. The second-order valence-corrected chi connectivity index (χ2v) is 6.62. The zero-order valence-electron chi connectivity index (χ0n) is 11.7. The number of rotatable bonds is 6. The second kappa shape index (κ2) is 6.52. The molecule has 21 heavy (non-hydrogen) atoms. The van der Waals surface area contributed by atoms with Crippen molar-refractivity contribution in [1.82, 2.24) is 24.8 Å². The summed E-state index contributed by atoms with van der Waals surface area (Å²) >= 11 is 6.02. The zero-order chi connectivity index (χ0) is 15.5. The van der Waals surface area contributed by atoms with Crippen molar-refractivity contribution in [2.45, 2.75) is 18.0 Å². The highest BCUT2D eigenvalue weighted by Crippen LogP contribution is 2.20. The highest BCUT2D eigenvalue weighted by atomic mass is 35.5.